The Balaban J connectivity index is 2.67. The Bertz CT molecular complexity index is 544. The minimum Gasteiger partial charge on any atom is -0.444 e. The van der Waals surface area contributed by atoms with E-state index in [-0.39, 0.29) is 5.69 Å². The second-order valence-electron chi connectivity index (χ2n) is 5.84. The third kappa shape index (κ3) is 6.41. The average Bonchev–Trinajstić information content (AvgIpc) is 2.41. The predicted molar refractivity (Wildman–Crippen MR) is 74.4 cm³/mol. The summed E-state index contributed by atoms with van der Waals surface area (Å²) in [6.07, 6.45) is -8.71. The Labute approximate surface area is 131 Å². The van der Waals surface area contributed by atoms with Crippen molar-refractivity contribution in [2.45, 2.75) is 44.8 Å². The van der Waals surface area contributed by atoms with Crippen molar-refractivity contribution in [2.24, 2.45) is 0 Å². The minimum atomic E-state index is -4.66. The first-order valence-corrected chi connectivity index (χ1v) is 6.77. The summed E-state index contributed by atoms with van der Waals surface area (Å²) in [6.45, 7) is 4.52. The molecule has 1 rings (SSSR count). The molecule has 6 nitrogen and oxygen atoms in total. The lowest BCUT2D eigenvalue weighted by Gasteiger charge is -2.22. The lowest BCUT2D eigenvalue weighted by Crippen LogP contribution is -2.39. The summed E-state index contributed by atoms with van der Waals surface area (Å²) in [5.74, 6) is 0. The van der Waals surface area contributed by atoms with Crippen molar-refractivity contribution in [1.82, 2.24) is 10.3 Å². The van der Waals surface area contributed by atoms with Crippen LogP contribution in [0.25, 0.3) is 0 Å². The summed E-state index contributed by atoms with van der Waals surface area (Å²) < 4.78 is 42.6. The monoisotopic (exact) mass is 336 g/mol. The number of amides is 1. The van der Waals surface area contributed by atoms with Gasteiger partial charge >= 0.3 is 12.3 Å². The summed E-state index contributed by atoms with van der Waals surface area (Å²) in [5.41, 5.74) is -2.27. The second-order valence-corrected chi connectivity index (χ2v) is 5.84. The molecule has 0 aliphatic carbocycles. The van der Waals surface area contributed by atoms with Crippen LogP contribution >= 0.6 is 0 Å². The molecule has 1 aromatic heterocycles. The highest BCUT2D eigenvalue weighted by molar-refractivity contribution is 5.67. The van der Waals surface area contributed by atoms with Crippen LogP contribution in [0.2, 0.25) is 0 Å². The maximum atomic E-state index is 12.6. The van der Waals surface area contributed by atoms with E-state index < -0.39 is 42.3 Å². The summed E-state index contributed by atoms with van der Waals surface area (Å²) in [5, 5.41) is 21.8. The highest BCUT2D eigenvalue weighted by atomic mass is 19.4. The van der Waals surface area contributed by atoms with E-state index in [1.54, 1.807) is 20.8 Å². The lowest BCUT2D eigenvalue weighted by atomic mass is 10.1. The summed E-state index contributed by atoms with van der Waals surface area (Å²) in [6, 6.07) is 2.97. The molecule has 0 fully saturated rings. The van der Waals surface area contributed by atoms with E-state index in [0.29, 0.717) is 0 Å². The molecule has 0 bridgehead atoms. The van der Waals surface area contributed by atoms with Gasteiger partial charge in [0.2, 0.25) is 0 Å². The lowest BCUT2D eigenvalue weighted by molar-refractivity contribution is -0.141. The van der Waals surface area contributed by atoms with Crippen LogP contribution < -0.4 is 5.32 Å². The van der Waals surface area contributed by atoms with Crippen molar-refractivity contribution in [2.75, 3.05) is 6.54 Å². The largest absolute Gasteiger partial charge is 0.444 e. The van der Waals surface area contributed by atoms with E-state index in [1.807, 2.05) is 0 Å². The quantitative estimate of drug-likeness (QED) is 0.782. The van der Waals surface area contributed by atoms with Crippen molar-refractivity contribution < 1.29 is 32.9 Å². The Morgan fingerprint density at radius 1 is 1.30 bits per heavy atom. The standard InChI is InChI=1S/C14H19F3N2O4/c1-13(2,3)23-12(22)18-7-9(20)11(21)8-5-4-6-10(19-8)14(15,16)17/h4-6,9,11,20-21H,7H2,1-3H3,(H,18,22). The number of aliphatic hydroxyl groups is 2. The van der Waals surface area contributed by atoms with Crippen molar-refractivity contribution in [3.63, 3.8) is 0 Å². The molecule has 0 aliphatic rings. The molecule has 0 aromatic carbocycles. The van der Waals surface area contributed by atoms with E-state index >= 15 is 0 Å². The highest BCUT2D eigenvalue weighted by Crippen LogP contribution is 2.28. The van der Waals surface area contributed by atoms with Crippen LogP contribution in [0.4, 0.5) is 18.0 Å². The van der Waals surface area contributed by atoms with Gasteiger partial charge in [0, 0.05) is 6.54 Å². The number of rotatable bonds is 4. The molecule has 1 amide bonds. The number of alkyl halides is 3. The number of carbonyl (C=O) groups is 1. The molecular weight excluding hydrogens is 317 g/mol. The van der Waals surface area contributed by atoms with Gasteiger partial charge in [-0.1, -0.05) is 6.07 Å². The number of carbonyl (C=O) groups excluding carboxylic acids is 1. The first-order chi connectivity index (χ1) is 10.4. The van der Waals surface area contributed by atoms with E-state index in [1.165, 1.54) is 0 Å². The van der Waals surface area contributed by atoms with Crippen LogP contribution in [0.5, 0.6) is 0 Å². The van der Waals surface area contributed by atoms with E-state index in [4.69, 9.17) is 4.74 Å². The minimum absolute atomic E-state index is 0.349. The number of pyridine rings is 1. The van der Waals surface area contributed by atoms with Crippen molar-refractivity contribution in [3.8, 4) is 0 Å². The van der Waals surface area contributed by atoms with Gasteiger partial charge in [-0.2, -0.15) is 13.2 Å². The third-order valence-corrected chi connectivity index (χ3v) is 2.58. The Kier molecular flexibility index (Phi) is 5.95. The number of aromatic nitrogens is 1. The molecule has 3 N–H and O–H groups in total. The van der Waals surface area contributed by atoms with Crippen LogP contribution in [0.1, 0.15) is 38.3 Å². The maximum absolute atomic E-state index is 12.6. The number of ether oxygens (including phenoxy) is 1. The molecule has 2 atom stereocenters. The van der Waals surface area contributed by atoms with Gasteiger partial charge in [0.1, 0.15) is 23.5 Å². The number of alkyl carbamates (subject to hydrolysis) is 1. The molecule has 130 valence electrons. The Morgan fingerprint density at radius 2 is 1.91 bits per heavy atom. The number of hydrogen-bond donors (Lipinski definition) is 3. The molecule has 0 saturated heterocycles. The molecule has 0 spiro atoms. The van der Waals surface area contributed by atoms with Crippen LogP contribution in [0, 0.1) is 0 Å². The fraction of sp³-hybridized carbons (Fsp3) is 0.571. The normalized spacial score (nSPS) is 15.0. The number of aliphatic hydroxyl groups excluding tert-OH is 2. The second kappa shape index (κ2) is 7.14. The summed E-state index contributed by atoms with van der Waals surface area (Å²) >= 11 is 0. The molecule has 1 aromatic rings. The zero-order chi connectivity index (χ0) is 17.8. The number of nitrogens with one attached hydrogen (secondary N) is 1. The maximum Gasteiger partial charge on any atom is 0.433 e. The topological polar surface area (TPSA) is 91.7 Å². The number of halogens is 3. The van der Waals surface area contributed by atoms with Crippen molar-refractivity contribution in [1.29, 1.82) is 0 Å². The molecular formula is C14H19F3N2O4. The SMILES string of the molecule is CC(C)(C)OC(=O)NCC(O)C(O)c1cccc(C(F)(F)F)n1. The Hall–Kier alpha value is -1.87. The highest BCUT2D eigenvalue weighted by Gasteiger charge is 2.33. The van der Waals surface area contributed by atoms with Gasteiger partial charge in [-0.15, -0.1) is 0 Å². The van der Waals surface area contributed by atoms with Crippen LogP contribution in [-0.4, -0.2) is 39.5 Å². The van der Waals surface area contributed by atoms with Gasteiger partial charge in [-0.25, -0.2) is 9.78 Å². The van der Waals surface area contributed by atoms with E-state index in [9.17, 15) is 28.2 Å². The van der Waals surface area contributed by atoms with Gasteiger partial charge in [0.15, 0.2) is 0 Å². The van der Waals surface area contributed by atoms with E-state index in [2.05, 4.69) is 10.3 Å². The molecule has 1 heterocycles. The van der Waals surface area contributed by atoms with Gasteiger partial charge in [0.25, 0.3) is 0 Å². The molecule has 0 radical (unpaired) electrons. The average molecular weight is 336 g/mol. The van der Waals surface area contributed by atoms with Crippen LogP contribution in [0.15, 0.2) is 18.2 Å². The van der Waals surface area contributed by atoms with Gasteiger partial charge in [0.05, 0.1) is 5.69 Å². The number of hydrogen-bond acceptors (Lipinski definition) is 5. The zero-order valence-corrected chi connectivity index (χ0v) is 12.9. The fourth-order valence-electron chi connectivity index (χ4n) is 1.58. The first-order valence-electron chi connectivity index (χ1n) is 6.77. The molecule has 0 aliphatic heterocycles. The summed E-state index contributed by atoms with van der Waals surface area (Å²) in [7, 11) is 0. The van der Waals surface area contributed by atoms with E-state index in [0.717, 1.165) is 18.2 Å². The van der Waals surface area contributed by atoms with Crippen LogP contribution in [-0.2, 0) is 10.9 Å². The fourth-order valence-corrected chi connectivity index (χ4v) is 1.58. The van der Waals surface area contributed by atoms with Crippen molar-refractivity contribution >= 4 is 6.09 Å². The molecule has 9 heteroatoms. The van der Waals surface area contributed by atoms with Gasteiger partial charge in [-0.05, 0) is 32.9 Å². The summed E-state index contributed by atoms with van der Waals surface area (Å²) in [4.78, 5) is 14.7. The van der Waals surface area contributed by atoms with Crippen LogP contribution in [0.3, 0.4) is 0 Å². The van der Waals surface area contributed by atoms with Gasteiger partial charge in [-0.3, -0.25) is 0 Å². The third-order valence-electron chi connectivity index (χ3n) is 2.58. The number of nitrogens with zero attached hydrogens (tertiary/aromatic N) is 1. The van der Waals surface area contributed by atoms with Crippen molar-refractivity contribution in [3.05, 3.63) is 29.6 Å². The van der Waals surface area contributed by atoms with Gasteiger partial charge < -0.3 is 20.3 Å². The Morgan fingerprint density at radius 3 is 2.43 bits per heavy atom. The molecule has 23 heavy (non-hydrogen) atoms. The molecule has 0 saturated carbocycles. The zero-order valence-electron chi connectivity index (χ0n) is 12.9. The molecule has 2 unspecified atom stereocenters. The first kappa shape index (κ1) is 19.2. The predicted octanol–water partition coefficient (Wildman–Crippen LogP) is 2.02. The smallest absolute Gasteiger partial charge is 0.433 e.